The van der Waals surface area contributed by atoms with Crippen LogP contribution in [0.3, 0.4) is 0 Å². The van der Waals surface area contributed by atoms with Crippen molar-refractivity contribution in [1.29, 1.82) is 0 Å². The van der Waals surface area contributed by atoms with E-state index >= 15 is 0 Å². The topological polar surface area (TPSA) is 56.6 Å². The maximum absolute atomic E-state index is 4.25. The third-order valence-corrected chi connectivity index (χ3v) is 3.07. The van der Waals surface area contributed by atoms with Crippen molar-refractivity contribution in [2.24, 2.45) is 10.2 Å². The molecule has 0 atom stereocenters. The Morgan fingerprint density at radius 3 is 2.40 bits per heavy atom. The number of azo groups is 1. The van der Waals surface area contributed by atoms with Crippen molar-refractivity contribution in [3.63, 3.8) is 0 Å². The van der Waals surface area contributed by atoms with Crippen molar-refractivity contribution < 1.29 is 0 Å². The average Bonchev–Trinajstić information content (AvgIpc) is 2.93. The van der Waals surface area contributed by atoms with Crippen LogP contribution in [0.25, 0.3) is 10.9 Å². The highest BCUT2D eigenvalue weighted by atomic mass is 15.1. The molecule has 0 aliphatic heterocycles. The molecule has 20 heavy (non-hydrogen) atoms. The molecule has 5 nitrogen and oxygen atoms in total. The Morgan fingerprint density at radius 2 is 1.65 bits per heavy atom. The molecule has 0 radical (unpaired) electrons. The van der Waals surface area contributed by atoms with Gasteiger partial charge in [-0.15, -0.1) is 0 Å². The van der Waals surface area contributed by atoms with Gasteiger partial charge < -0.3 is 4.90 Å². The van der Waals surface area contributed by atoms with E-state index < -0.39 is 0 Å². The lowest BCUT2D eigenvalue weighted by Crippen LogP contribution is -2.07. The third-order valence-electron chi connectivity index (χ3n) is 3.07. The first kappa shape index (κ1) is 12.3. The summed E-state index contributed by atoms with van der Waals surface area (Å²) < 4.78 is 0. The van der Waals surface area contributed by atoms with E-state index in [9.17, 15) is 0 Å². The van der Waals surface area contributed by atoms with Crippen molar-refractivity contribution in [2.45, 2.75) is 0 Å². The van der Waals surface area contributed by atoms with Gasteiger partial charge in [-0.2, -0.15) is 15.3 Å². The summed E-state index contributed by atoms with van der Waals surface area (Å²) in [5.74, 6) is 0. The van der Waals surface area contributed by atoms with E-state index in [2.05, 4.69) is 20.4 Å². The largest absolute Gasteiger partial charge is 0.378 e. The number of nitrogens with one attached hydrogen (secondary N) is 1. The number of nitrogens with zero attached hydrogens (tertiary/aromatic N) is 4. The van der Waals surface area contributed by atoms with Gasteiger partial charge >= 0.3 is 0 Å². The predicted octanol–water partition coefficient (Wildman–Crippen LogP) is 4.04. The van der Waals surface area contributed by atoms with Gasteiger partial charge in [-0.05, 0) is 42.5 Å². The van der Waals surface area contributed by atoms with Gasteiger partial charge in [-0.25, -0.2) is 0 Å². The molecule has 1 N–H and O–H groups in total. The molecule has 0 unspecified atom stereocenters. The second-order valence-electron chi connectivity index (χ2n) is 4.75. The van der Waals surface area contributed by atoms with Crippen molar-refractivity contribution in [1.82, 2.24) is 10.2 Å². The molecule has 0 spiro atoms. The van der Waals surface area contributed by atoms with E-state index in [0.29, 0.717) is 0 Å². The lowest BCUT2D eigenvalue weighted by Gasteiger charge is -2.11. The maximum Gasteiger partial charge on any atom is 0.0865 e. The first-order valence-corrected chi connectivity index (χ1v) is 6.35. The van der Waals surface area contributed by atoms with E-state index in [1.54, 1.807) is 6.20 Å². The number of benzene rings is 2. The van der Waals surface area contributed by atoms with Crippen LogP contribution in [0, 0.1) is 0 Å². The Hall–Kier alpha value is -2.69. The van der Waals surface area contributed by atoms with Crippen LogP contribution in [-0.4, -0.2) is 24.3 Å². The highest BCUT2D eigenvalue weighted by Gasteiger charge is 1.98. The standard InChI is InChI=1S/C15H15N5/c1-20(2)14-6-3-12(4-7-14)17-18-13-5-8-15-11(9-13)10-16-19-15/h3-10H,1-2H3,(H,16,19). The molecule has 100 valence electrons. The summed E-state index contributed by atoms with van der Waals surface area (Å²) in [7, 11) is 4.02. The van der Waals surface area contributed by atoms with E-state index in [1.807, 2.05) is 61.5 Å². The average molecular weight is 265 g/mol. The maximum atomic E-state index is 4.25. The fourth-order valence-electron chi connectivity index (χ4n) is 1.93. The number of aromatic nitrogens is 2. The quantitative estimate of drug-likeness (QED) is 0.726. The van der Waals surface area contributed by atoms with Crippen molar-refractivity contribution in [3.05, 3.63) is 48.7 Å². The zero-order valence-electron chi connectivity index (χ0n) is 11.4. The summed E-state index contributed by atoms with van der Waals surface area (Å²) in [5.41, 5.74) is 3.79. The number of hydrogen-bond donors (Lipinski definition) is 1. The molecule has 3 rings (SSSR count). The lowest BCUT2D eigenvalue weighted by atomic mass is 10.2. The zero-order chi connectivity index (χ0) is 13.9. The smallest absolute Gasteiger partial charge is 0.0865 e. The van der Waals surface area contributed by atoms with Gasteiger partial charge in [0.05, 0.1) is 23.1 Å². The summed E-state index contributed by atoms with van der Waals surface area (Å²) >= 11 is 0. The summed E-state index contributed by atoms with van der Waals surface area (Å²) in [5, 5.41) is 16.4. The van der Waals surface area contributed by atoms with Crippen LogP contribution in [0.1, 0.15) is 0 Å². The summed E-state index contributed by atoms with van der Waals surface area (Å²) in [4.78, 5) is 2.05. The molecule has 0 aliphatic rings. The van der Waals surface area contributed by atoms with Gasteiger partial charge in [0.25, 0.3) is 0 Å². The van der Waals surface area contributed by atoms with Gasteiger partial charge in [-0.1, -0.05) is 0 Å². The second-order valence-corrected chi connectivity index (χ2v) is 4.75. The molecule has 2 aromatic carbocycles. The number of aromatic amines is 1. The number of rotatable bonds is 3. The zero-order valence-corrected chi connectivity index (χ0v) is 11.4. The van der Waals surface area contributed by atoms with Gasteiger partial charge in [0.1, 0.15) is 0 Å². The Balaban J connectivity index is 1.82. The fraction of sp³-hybridized carbons (Fsp3) is 0.133. The molecular weight excluding hydrogens is 250 g/mol. The van der Waals surface area contributed by atoms with Gasteiger partial charge in [0.15, 0.2) is 0 Å². The Morgan fingerprint density at radius 1 is 0.950 bits per heavy atom. The van der Waals surface area contributed by atoms with Gasteiger partial charge in [0.2, 0.25) is 0 Å². The number of fused-ring (bicyclic) bond motifs is 1. The molecule has 1 aromatic heterocycles. The Kier molecular flexibility index (Phi) is 3.16. The summed E-state index contributed by atoms with van der Waals surface area (Å²) in [6.45, 7) is 0. The minimum absolute atomic E-state index is 0.815. The normalized spacial score (nSPS) is 11.3. The highest BCUT2D eigenvalue weighted by molar-refractivity contribution is 5.80. The molecular formula is C15H15N5. The molecule has 0 bridgehead atoms. The van der Waals surface area contributed by atoms with Crippen LogP contribution in [0.2, 0.25) is 0 Å². The monoisotopic (exact) mass is 265 g/mol. The van der Waals surface area contributed by atoms with Crippen LogP contribution in [0.4, 0.5) is 17.1 Å². The van der Waals surface area contributed by atoms with Gasteiger partial charge in [-0.3, -0.25) is 5.10 Å². The predicted molar refractivity (Wildman–Crippen MR) is 81.0 cm³/mol. The molecule has 1 heterocycles. The van der Waals surface area contributed by atoms with Crippen molar-refractivity contribution >= 4 is 28.0 Å². The minimum Gasteiger partial charge on any atom is -0.378 e. The minimum atomic E-state index is 0.815. The van der Waals surface area contributed by atoms with Crippen molar-refractivity contribution in [2.75, 3.05) is 19.0 Å². The summed E-state index contributed by atoms with van der Waals surface area (Å²) in [6, 6.07) is 13.8. The molecule has 0 saturated carbocycles. The van der Waals surface area contributed by atoms with E-state index in [1.165, 1.54) is 0 Å². The van der Waals surface area contributed by atoms with E-state index in [-0.39, 0.29) is 0 Å². The molecule has 0 amide bonds. The van der Waals surface area contributed by atoms with E-state index in [4.69, 9.17) is 0 Å². The third kappa shape index (κ3) is 2.51. The van der Waals surface area contributed by atoms with Crippen LogP contribution < -0.4 is 4.90 Å². The first-order chi connectivity index (χ1) is 9.72. The van der Waals surface area contributed by atoms with Crippen LogP contribution in [-0.2, 0) is 0 Å². The SMILES string of the molecule is CN(C)c1ccc(N=Nc2ccc3[nH]ncc3c2)cc1. The van der Waals surface area contributed by atoms with Crippen LogP contribution in [0.5, 0.6) is 0 Å². The van der Waals surface area contributed by atoms with E-state index in [0.717, 1.165) is 28.0 Å². The molecule has 0 aliphatic carbocycles. The molecule has 0 fully saturated rings. The number of H-pyrrole nitrogens is 1. The first-order valence-electron chi connectivity index (χ1n) is 6.35. The van der Waals surface area contributed by atoms with Crippen molar-refractivity contribution in [3.8, 4) is 0 Å². The molecule has 3 aromatic rings. The van der Waals surface area contributed by atoms with Gasteiger partial charge in [0, 0.05) is 25.2 Å². The lowest BCUT2D eigenvalue weighted by molar-refractivity contribution is 1.12. The molecule has 5 heteroatoms. The van der Waals surface area contributed by atoms with Crippen LogP contribution in [0.15, 0.2) is 58.9 Å². The Labute approximate surface area is 117 Å². The highest BCUT2D eigenvalue weighted by Crippen LogP contribution is 2.23. The fourth-order valence-corrected chi connectivity index (χ4v) is 1.93. The number of anilines is 1. The molecule has 0 saturated heterocycles. The van der Waals surface area contributed by atoms with Crippen LogP contribution >= 0.6 is 0 Å². The summed E-state index contributed by atoms with van der Waals surface area (Å²) in [6.07, 6.45) is 1.78. The Bertz CT molecular complexity index is 740. The second kappa shape index (κ2) is 5.13. The number of hydrogen-bond acceptors (Lipinski definition) is 4.